The first kappa shape index (κ1) is 11.0. The van der Waals surface area contributed by atoms with Gasteiger partial charge in [0.05, 0.1) is 6.20 Å². The Morgan fingerprint density at radius 2 is 2.00 bits per heavy atom. The largest absolute Gasteiger partial charge is 0.472 e. The molecule has 90 valence electrons. The molecular formula is C12H9ClN4O. The predicted octanol–water partition coefficient (Wildman–Crippen LogP) is 2.59. The first-order valence-electron chi connectivity index (χ1n) is 5.36. The van der Waals surface area contributed by atoms with Crippen LogP contribution in [-0.4, -0.2) is 20.2 Å². The van der Waals surface area contributed by atoms with E-state index in [4.69, 9.17) is 16.3 Å². The highest BCUT2D eigenvalue weighted by Gasteiger charge is 2.09. The second kappa shape index (κ2) is 4.62. The molecule has 1 N–H and O–H groups in total. The van der Waals surface area contributed by atoms with Crippen LogP contribution in [0.1, 0.15) is 5.56 Å². The van der Waals surface area contributed by atoms with Gasteiger partial charge in [0.25, 0.3) is 0 Å². The summed E-state index contributed by atoms with van der Waals surface area (Å²) in [5.41, 5.74) is 1.63. The van der Waals surface area contributed by atoms with Crippen molar-refractivity contribution < 1.29 is 4.74 Å². The van der Waals surface area contributed by atoms with Gasteiger partial charge in [0.1, 0.15) is 12.0 Å². The summed E-state index contributed by atoms with van der Waals surface area (Å²) in [4.78, 5) is 8.07. The maximum absolute atomic E-state index is 5.81. The van der Waals surface area contributed by atoms with Crippen molar-refractivity contribution >= 4 is 22.6 Å². The Kier molecular flexibility index (Phi) is 2.82. The highest BCUT2D eigenvalue weighted by Crippen LogP contribution is 2.22. The van der Waals surface area contributed by atoms with Gasteiger partial charge in [0, 0.05) is 0 Å². The van der Waals surface area contributed by atoms with Crippen LogP contribution in [0.15, 0.2) is 36.5 Å². The Morgan fingerprint density at radius 1 is 1.17 bits per heavy atom. The van der Waals surface area contributed by atoms with Crippen molar-refractivity contribution in [1.82, 2.24) is 20.2 Å². The number of H-pyrrole nitrogens is 1. The Labute approximate surface area is 108 Å². The van der Waals surface area contributed by atoms with Gasteiger partial charge in [0.2, 0.25) is 11.2 Å². The molecule has 1 aromatic carbocycles. The molecule has 0 atom stereocenters. The summed E-state index contributed by atoms with van der Waals surface area (Å²) in [7, 11) is 0. The fourth-order valence-electron chi connectivity index (χ4n) is 1.62. The quantitative estimate of drug-likeness (QED) is 0.735. The minimum atomic E-state index is 0.134. The number of hydrogen-bond donors (Lipinski definition) is 1. The predicted molar refractivity (Wildman–Crippen MR) is 67.5 cm³/mol. The number of aromatic amines is 1. The monoisotopic (exact) mass is 260 g/mol. The number of nitrogens with one attached hydrogen (secondary N) is 1. The second-order valence-electron chi connectivity index (χ2n) is 3.70. The fraction of sp³-hybridized carbons (Fsp3) is 0.0833. The van der Waals surface area contributed by atoms with Crippen LogP contribution < -0.4 is 4.74 Å². The average molecular weight is 261 g/mol. The zero-order valence-electron chi connectivity index (χ0n) is 9.30. The number of hydrogen-bond acceptors (Lipinski definition) is 4. The van der Waals surface area contributed by atoms with E-state index in [9.17, 15) is 0 Å². The number of ether oxygens (including phenoxy) is 1. The lowest BCUT2D eigenvalue weighted by Crippen LogP contribution is -1.98. The molecule has 0 aliphatic carbocycles. The van der Waals surface area contributed by atoms with Crippen molar-refractivity contribution in [2.75, 3.05) is 0 Å². The first-order valence-corrected chi connectivity index (χ1v) is 5.74. The van der Waals surface area contributed by atoms with Crippen LogP contribution >= 0.6 is 11.6 Å². The lowest BCUT2D eigenvalue weighted by atomic mass is 10.2. The Balaban J connectivity index is 1.88. The number of nitrogens with zero attached hydrogens (tertiary/aromatic N) is 3. The third-order valence-electron chi connectivity index (χ3n) is 2.47. The number of benzene rings is 1. The molecule has 0 fully saturated rings. The smallest absolute Gasteiger partial charge is 0.229 e. The molecular weight excluding hydrogens is 252 g/mol. The molecule has 0 aliphatic rings. The van der Waals surface area contributed by atoms with Crippen LogP contribution in [0.4, 0.5) is 0 Å². The summed E-state index contributed by atoms with van der Waals surface area (Å²) in [6, 6.07) is 9.84. The third-order valence-corrected chi connectivity index (χ3v) is 2.63. The van der Waals surface area contributed by atoms with Crippen molar-refractivity contribution in [3.63, 3.8) is 0 Å². The molecule has 3 aromatic rings. The average Bonchev–Trinajstić information content (AvgIpc) is 2.85. The number of aromatic nitrogens is 4. The van der Waals surface area contributed by atoms with E-state index in [1.165, 1.54) is 0 Å². The normalized spacial score (nSPS) is 10.7. The summed E-state index contributed by atoms with van der Waals surface area (Å²) in [5, 5.41) is 7.48. The van der Waals surface area contributed by atoms with Crippen LogP contribution in [0.25, 0.3) is 11.0 Å². The first-order chi connectivity index (χ1) is 8.83. The molecule has 0 radical (unpaired) electrons. The van der Waals surface area contributed by atoms with Gasteiger partial charge < -0.3 is 4.74 Å². The van der Waals surface area contributed by atoms with Gasteiger partial charge in [-0.05, 0) is 17.2 Å². The molecule has 5 nitrogen and oxygen atoms in total. The Hall–Kier alpha value is -2.14. The lowest BCUT2D eigenvalue weighted by Gasteiger charge is -2.06. The SMILES string of the molecule is Clc1nc(OCc2ccccc2)c2cn[nH]c2n1. The molecule has 0 saturated heterocycles. The van der Waals surface area contributed by atoms with Gasteiger partial charge in [-0.15, -0.1) is 0 Å². The standard InChI is InChI=1S/C12H9ClN4O/c13-12-15-10-9(6-14-17-10)11(16-12)18-7-8-4-2-1-3-5-8/h1-6H,7H2,(H,14,15,16,17). The van der Waals surface area contributed by atoms with Crippen LogP contribution in [0, 0.1) is 0 Å². The van der Waals surface area contributed by atoms with Gasteiger partial charge >= 0.3 is 0 Å². The molecule has 0 bridgehead atoms. The summed E-state index contributed by atoms with van der Waals surface area (Å²) in [6.45, 7) is 0.425. The molecule has 0 spiro atoms. The van der Waals surface area contributed by atoms with E-state index < -0.39 is 0 Å². The van der Waals surface area contributed by atoms with Gasteiger partial charge in [-0.25, -0.2) is 0 Å². The minimum Gasteiger partial charge on any atom is -0.472 e. The maximum Gasteiger partial charge on any atom is 0.229 e. The topological polar surface area (TPSA) is 63.7 Å². The lowest BCUT2D eigenvalue weighted by molar-refractivity contribution is 0.297. The van der Waals surface area contributed by atoms with Gasteiger partial charge in [0.15, 0.2) is 5.65 Å². The van der Waals surface area contributed by atoms with E-state index in [0.717, 1.165) is 10.9 Å². The third kappa shape index (κ3) is 2.12. The van der Waals surface area contributed by atoms with Crippen molar-refractivity contribution in [1.29, 1.82) is 0 Å². The summed E-state index contributed by atoms with van der Waals surface area (Å²) < 4.78 is 5.65. The zero-order chi connectivity index (χ0) is 12.4. The van der Waals surface area contributed by atoms with Crippen LogP contribution in [0.5, 0.6) is 5.88 Å². The molecule has 0 saturated carbocycles. The van der Waals surface area contributed by atoms with Crippen molar-refractivity contribution in [3.8, 4) is 5.88 Å². The molecule has 3 rings (SSSR count). The Morgan fingerprint density at radius 3 is 2.83 bits per heavy atom. The second-order valence-corrected chi connectivity index (χ2v) is 4.04. The fourth-order valence-corrected chi connectivity index (χ4v) is 1.78. The van der Waals surface area contributed by atoms with Crippen molar-refractivity contribution in [3.05, 3.63) is 47.4 Å². The van der Waals surface area contributed by atoms with Crippen LogP contribution in [-0.2, 0) is 6.61 Å². The van der Waals surface area contributed by atoms with E-state index in [2.05, 4.69) is 20.2 Å². The van der Waals surface area contributed by atoms with Gasteiger partial charge in [-0.3, -0.25) is 5.10 Å². The molecule has 0 amide bonds. The Bertz CT molecular complexity index is 668. The zero-order valence-corrected chi connectivity index (χ0v) is 10.1. The highest BCUT2D eigenvalue weighted by molar-refractivity contribution is 6.28. The molecule has 0 unspecified atom stereocenters. The van der Waals surface area contributed by atoms with Crippen LogP contribution in [0.2, 0.25) is 5.28 Å². The van der Waals surface area contributed by atoms with Crippen molar-refractivity contribution in [2.24, 2.45) is 0 Å². The molecule has 2 heterocycles. The number of rotatable bonds is 3. The number of fused-ring (bicyclic) bond motifs is 1. The summed E-state index contributed by atoms with van der Waals surface area (Å²) in [6.07, 6.45) is 1.62. The van der Waals surface area contributed by atoms with Gasteiger partial charge in [-0.2, -0.15) is 15.1 Å². The van der Waals surface area contributed by atoms with E-state index in [1.807, 2.05) is 30.3 Å². The summed E-state index contributed by atoms with van der Waals surface area (Å²) >= 11 is 5.81. The van der Waals surface area contributed by atoms with Crippen LogP contribution in [0.3, 0.4) is 0 Å². The van der Waals surface area contributed by atoms with E-state index in [1.54, 1.807) is 6.20 Å². The van der Waals surface area contributed by atoms with E-state index in [-0.39, 0.29) is 5.28 Å². The highest BCUT2D eigenvalue weighted by atomic mass is 35.5. The van der Waals surface area contributed by atoms with Crippen molar-refractivity contribution in [2.45, 2.75) is 6.61 Å². The number of halogens is 1. The summed E-state index contributed by atoms with van der Waals surface area (Å²) in [5.74, 6) is 0.433. The van der Waals surface area contributed by atoms with E-state index in [0.29, 0.717) is 18.1 Å². The molecule has 0 aliphatic heterocycles. The molecule has 18 heavy (non-hydrogen) atoms. The minimum absolute atomic E-state index is 0.134. The van der Waals surface area contributed by atoms with Gasteiger partial charge in [-0.1, -0.05) is 30.3 Å². The van der Waals surface area contributed by atoms with E-state index >= 15 is 0 Å². The molecule has 2 aromatic heterocycles. The molecule has 6 heteroatoms. The maximum atomic E-state index is 5.81.